The highest BCUT2D eigenvalue weighted by Crippen LogP contribution is 2.42. The van der Waals surface area contributed by atoms with Crippen LogP contribution in [0.15, 0.2) is 18.2 Å². The molecule has 1 atom stereocenters. The summed E-state index contributed by atoms with van der Waals surface area (Å²) in [5.74, 6) is -0.326. The minimum Gasteiger partial charge on any atom is -0.432 e. The third-order valence-corrected chi connectivity index (χ3v) is 5.93. The lowest BCUT2D eigenvalue weighted by molar-refractivity contribution is -0.227. The fourth-order valence-electron chi connectivity index (χ4n) is 4.18. The van der Waals surface area contributed by atoms with Crippen LogP contribution in [0, 0.1) is 11.8 Å². The van der Waals surface area contributed by atoms with Gasteiger partial charge in [0.15, 0.2) is 6.10 Å². The SMILES string of the molecule is CCCCC1CCC(C(F)(F)Oc2ccc3c(c2)COC(C(F)(F)F)C3)CC1. The summed E-state index contributed by atoms with van der Waals surface area (Å²) < 4.78 is 77.5. The van der Waals surface area contributed by atoms with Crippen molar-refractivity contribution in [1.82, 2.24) is 0 Å². The molecular weight excluding hydrogens is 379 g/mol. The van der Waals surface area contributed by atoms with Gasteiger partial charge in [-0.1, -0.05) is 32.3 Å². The van der Waals surface area contributed by atoms with E-state index in [1.807, 2.05) is 0 Å². The van der Waals surface area contributed by atoms with E-state index in [0.29, 0.717) is 29.9 Å². The molecule has 1 fully saturated rings. The molecule has 1 aromatic carbocycles. The summed E-state index contributed by atoms with van der Waals surface area (Å²) >= 11 is 0. The van der Waals surface area contributed by atoms with E-state index in [0.717, 1.165) is 32.1 Å². The highest BCUT2D eigenvalue weighted by atomic mass is 19.4. The highest BCUT2D eigenvalue weighted by Gasteiger charge is 2.45. The zero-order valence-corrected chi connectivity index (χ0v) is 16.0. The second kappa shape index (κ2) is 8.56. The zero-order valence-electron chi connectivity index (χ0n) is 16.0. The summed E-state index contributed by atoms with van der Waals surface area (Å²) in [5, 5.41) is 0. The van der Waals surface area contributed by atoms with Crippen LogP contribution in [-0.4, -0.2) is 18.4 Å². The molecule has 7 heteroatoms. The Morgan fingerprint density at radius 3 is 2.39 bits per heavy atom. The van der Waals surface area contributed by atoms with Gasteiger partial charge in [0.2, 0.25) is 0 Å². The summed E-state index contributed by atoms with van der Waals surface area (Å²) in [7, 11) is 0. The summed E-state index contributed by atoms with van der Waals surface area (Å²) in [6, 6.07) is 4.14. The van der Waals surface area contributed by atoms with Crippen molar-refractivity contribution < 1.29 is 31.4 Å². The Balaban J connectivity index is 1.59. The molecule has 158 valence electrons. The maximum absolute atomic E-state index is 14.6. The molecule has 2 nitrogen and oxygen atoms in total. The van der Waals surface area contributed by atoms with Crippen LogP contribution in [0.2, 0.25) is 0 Å². The van der Waals surface area contributed by atoms with Crippen LogP contribution in [0.3, 0.4) is 0 Å². The lowest BCUT2D eigenvalue weighted by Gasteiger charge is -2.33. The van der Waals surface area contributed by atoms with E-state index >= 15 is 0 Å². The molecule has 0 saturated heterocycles. The van der Waals surface area contributed by atoms with Crippen LogP contribution < -0.4 is 4.74 Å². The monoisotopic (exact) mass is 406 g/mol. The van der Waals surface area contributed by atoms with Crippen molar-refractivity contribution in [3.8, 4) is 5.75 Å². The summed E-state index contributed by atoms with van der Waals surface area (Å²) in [4.78, 5) is 0. The Kier molecular flexibility index (Phi) is 6.52. The first-order chi connectivity index (χ1) is 13.2. The number of rotatable bonds is 6. The number of ether oxygens (including phenoxy) is 2. The van der Waals surface area contributed by atoms with Gasteiger partial charge in [0.1, 0.15) is 5.75 Å². The first-order valence-electron chi connectivity index (χ1n) is 10.1. The van der Waals surface area contributed by atoms with Crippen molar-refractivity contribution in [1.29, 1.82) is 0 Å². The first kappa shape index (κ1) is 21.3. The van der Waals surface area contributed by atoms with Crippen LogP contribution >= 0.6 is 0 Å². The number of alkyl halides is 5. The van der Waals surface area contributed by atoms with Crippen LogP contribution in [-0.2, 0) is 17.8 Å². The standard InChI is InChI=1S/C21H27F5O2/c1-2-3-4-14-5-8-17(9-6-14)21(25,26)28-18-10-7-15-12-19(20(22,23)24)27-13-16(15)11-18/h7,10-11,14,17,19H,2-6,8-9,12-13H2,1H3. The van der Waals surface area contributed by atoms with Crippen molar-refractivity contribution in [2.45, 2.75) is 83.3 Å². The van der Waals surface area contributed by atoms with E-state index in [2.05, 4.69) is 6.92 Å². The minimum atomic E-state index is -4.43. The lowest BCUT2D eigenvalue weighted by Crippen LogP contribution is -2.38. The average molecular weight is 406 g/mol. The van der Waals surface area contributed by atoms with Crippen molar-refractivity contribution >= 4 is 0 Å². The fraction of sp³-hybridized carbons (Fsp3) is 0.714. The van der Waals surface area contributed by atoms with Gasteiger partial charge in [0, 0.05) is 6.42 Å². The maximum Gasteiger partial charge on any atom is 0.414 e. The van der Waals surface area contributed by atoms with Gasteiger partial charge < -0.3 is 9.47 Å². The van der Waals surface area contributed by atoms with Gasteiger partial charge in [0.25, 0.3) is 0 Å². The second-order valence-electron chi connectivity index (χ2n) is 8.00. The van der Waals surface area contributed by atoms with Gasteiger partial charge in [-0.3, -0.25) is 0 Å². The van der Waals surface area contributed by atoms with Gasteiger partial charge in [-0.05, 0) is 54.9 Å². The van der Waals surface area contributed by atoms with E-state index in [4.69, 9.17) is 9.47 Å². The molecule has 28 heavy (non-hydrogen) atoms. The summed E-state index contributed by atoms with van der Waals surface area (Å²) in [6.07, 6.45) is -4.08. The van der Waals surface area contributed by atoms with Gasteiger partial charge in [-0.2, -0.15) is 22.0 Å². The Hall–Kier alpha value is -1.37. The van der Waals surface area contributed by atoms with E-state index in [1.165, 1.54) is 18.2 Å². The highest BCUT2D eigenvalue weighted by molar-refractivity contribution is 5.37. The molecule has 1 saturated carbocycles. The van der Waals surface area contributed by atoms with Crippen molar-refractivity contribution in [2.75, 3.05) is 0 Å². The van der Waals surface area contributed by atoms with E-state index < -0.39 is 24.3 Å². The third kappa shape index (κ3) is 5.16. The predicted octanol–water partition coefficient (Wildman–Crippen LogP) is 6.66. The zero-order chi connectivity index (χ0) is 20.4. The molecule has 0 amide bonds. The third-order valence-electron chi connectivity index (χ3n) is 5.93. The van der Waals surface area contributed by atoms with E-state index in [9.17, 15) is 22.0 Å². The molecule has 0 aromatic heterocycles. The molecule has 0 radical (unpaired) electrons. The normalized spacial score (nSPS) is 26.0. The Labute approximate surface area is 162 Å². The van der Waals surface area contributed by atoms with Gasteiger partial charge >= 0.3 is 12.3 Å². The van der Waals surface area contributed by atoms with Gasteiger partial charge in [-0.25, -0.2) is 0 Å². The van der Waals surface area contributed by atoms with Gasteiger partial charge in [0.05, 0.1) is 12.5 Å². The fourth-order valence-corrected chi connectivity index (χ4v) is 4.18. The number of halogens is 5. The molecule has 0 N–H and O–H groups in total. The van der Waals surface area contributed by atoms with Crippen molar-refractivity contribution in [2.24, 2.45) is 11.8 Å². The average Bonchev–Trinajstić information content (AvgIpc) is 2.65. The second-order valence-corrected chi connectivity index (χ2v) is 8.00. The Morgan fingerprint density at radius 2 is 1.75 bits per heavy atom. The lowest BCUT2D eigenvalue weighted by atomic mass is 9.79. The smallest absolute Gasteiger partial charge is 0.414 e. The number of benzene rings is 1. The molecule has 1 heterocycles. The topological polar surface area (TPSA) is 18.5 Å². The molecule has 3 rings (SSSR count). The van der Waals surface area contributed by atoms with Crippen LogP contribution in [0.25, 0.3) is 0 Å². The van der Waals surface area contributed by atoms with E-state index in [-0.39, 0.29) is 18.8 Å². The molecule has 1 unspecified atom stereocenters. The largest absolute Gasteiger partial charge is 0.432 e. The predicted molar refractivity (Wildman–Crippen MR) is 95.3 cm³/mol. The Bertz CT molecular complexity index is 651. The van der Waals surface area contributed by atoms with E-state index in [1.54, 1.807) is 0 Å². The molecule has 2 aliphatic rings. The molecule has 1 aromatic rings. The number of hydrogen-bond donors (Lipinski definition) is 0. The van der Waals surface area contributed by atoms with Crippen LogP contribution in [0.4, 0.5) is 22.0 Å². The number of unbranched alkanes of at least 4 members (excludes halogenated alkanes) is 1. The summed E-state index contributed by atoms with van der Waals surface area (Å²) in [5.41, 5.74) is 0.928. The molecule has 0 spiro atoms. The quantitative estimate of drug-likeness (QED) is 0.492. The minimum absolute atomic E-state index is 0.0223. The van der Waals surface area contributed by atoms with Crippen LogP contribution in [0.5, 0.6) is 5.75 Å². The molecular formula is C21H27F5O2. The molecule has 0 bridgehead atoms. The first-order valence-corrected chi connectivity index (χ1v) is 10.1. The molecule has 1 aliphatic heterocycles. The van der Waals surface area contributed by atoms with Crippen molar-refractivity contribution in [3.05, 3.63) is 29.3 Å². The van der Waals surface area contributed by atoms with Gasteiger partial charge in [-0.15, -0.1) is 0 Å². The molecule has 1 aliphatic carbocycles. The number of hydrogen-bond acceptors (Lipinski definition) is 2. The Morgan fingerprint density at radius 1 is 1.04 bits per heavy atom. The van der Waals surface area contributed by atoms with Crippen molar-refractivity contribution in [3.63, 3.8) is 0 Å². The maximum atomic E-state index is 14.6. The number of fused-ring (bicyclic) bond motifs is 1. The van der Waals surface area contributed by atoms with Crippen LogP contribution in [0.1, 0.15) is 63.0 Å². The summed E-state index contributed by atoms with van der Waals surface area (Å²) in [6.45, 7) is 1.87.